The molecule has 212 valence electrons. The third kappa shape index (κ3) is 5.37. The molecule has 2 aliphatic rings. The lowest BCUT2D eigenvalue weighted by atomic mass is 9.76. The van der Waals surface area contributed by atoms with Crippen molar-refractivity contribution in [2.24, 2.45) is 12.5 Å². The smallest absolute Gasteiger partial charge is 0.328 e. The van der Waals surface area contributed by atoms with Gasteiger partial charge in [0.2, 0.25) is 5.91 Å². The molecule has 3 aromatic rings. The minimum Gasteiger partial charge on any atom is -0.464 e. The molecule has 2 saturated heterocycles. The zero-order valence-corrected chi connectivity index (χ0v) is 24.1. The van der Waals surface area contributed by atoms with Crippen LogP contribution in [-0.4, -0.2) is 79.4 Å². The fraction of sp³-hybridized carbons (Fsp3) is 0.483. The number of carbonyl (C=O) groups is 3. The first-order chi connectivity index (χ1) is 19.1. The Labute approximate surface area is 238 Å². The molecule has 40 heavy (non-hydrogen) atoms. The van der Waals surface area contributed by atoms with E-state index >= 15 is 0 Å². The Bertz CT molecular complexity index is 1410. The molecule has 2 aliphatic heterocycles. The number of ether oxygens (including phenoxy) is 1. The van der Waals surface area contributed by atoms with E-state index in [1.165, 1.54) is 0 Å². The Hall–Kier alpha value is -3.66. The Morgan fingerprint density at radius 3 is 2.50 bits per heavy atom. The van der Waals surface area contributed by atoms with E-state index < -0.39 is 18.1 Å². The molecular formula is C29H35ClN6O4. The van der Waals surface area contributed by atoms with Gasteiger partial charge in [-0.3, -0.25) is 19.0 Å². The molecule has 0 aliphatic carbocycles. The number of nitrogens with zero attached hydrogens (tertiary/aromatic N) is 6. The molecule has 2 amide bonds. The highest BCUT2D eigenvalue weighted by Gasteiger charge is 2.51. The number of aromatic nitrogens is 4. The largest absolute Gasteiger partial charge is 0.464 e. The number of halogens is 1. The second kappa shape index (κ2) is 11.1. The van der Waals surface area contributed by atoms with Crippen LogP contribution in [0.4, 0.5) is 0 Å². The summed E-state index contributed by atoms with van der Waals surface area (Å²) in [7, 11) is 1.73. The highest BCUT2D eigenvalue weighted by Crippen LogP contribution is 2.44. The summed E-state index contributed by atoms with van der Waals surface area (Å²) < 4.78 is 8.64. The predicted molar refractivity (Wildman–Crippen MR) is 150 cm³/mol. The predicted octanol–water partition coefficient (Wildman–Crippen LogP) is 3.89. The van der Waals surface area contributed by atoms with Gasteiger partial charge in [-0.25, -0.2) is 4.79 Å². The topological polar surface area (TPSA) is 103 Å². The van der Waals surface area contributed by atoms with Crippen LogP contribution in [0.1, 0.15) is 55.2 Å². The van der Waals surface area contributed by atoms with Crippen LogP contribution < -0.4 is 0 Å². The fourth-order valence-electron chi connectivity index (χ4n) is 5.88. The zero-order valence-electron chi connectivity index (χ0n) is 23.3. The van der Waals surface area contributed by atoms with Crippen molar-refractivity contribution in [2.45, 2.75) is 52.1 Å². The average Bonchev–Trinajstić information content (AvgIpc) is 3.66. The monoisotopic (exact) mass is 566 g/mol. The van der Waals surface area contributed by atoms with Crippen LogP contribution in [-0.2, 0) is 21.4 Å². The summed E-state index contributed by atoms with van der Waals surface area (Å²) in [4.78, 5) is 43.7. The lowest BCUT2D eigenvalue weighted by Gasteiger charge is -2.40. The maximum absolute atomic E-state index is 13.9. The highest BCUT2D eigenvalue weighted by atomic mass is 35.5. The Balaban J connectivity index is 1.33. The van der Waals surface area contributed by atoms with Crippen molar-refractivity contribution in [2.75, 3.05) is 26.2 Å². The Morgan fingerprint density at radius 2 is 1.88 bits per heavy atom. The molecule has 0 bridgehead atoms. The van der Waals surface area contributed by atoms with E-state index in [1.807, 2.05) is 37.1 Å². The second-order valence-electron chi connectivity index (χ2n) is 10.9. The molecule has 2 fully saturated rings. The lowest BCUT2D eigenvalue weighted by molar-refractivity contribution is -0.147. The van der Waals surface area contributed by atoms with E-state index in [9.17, 15) is 14.4 Å². The van der Waals surface area contributed by atoms with Gasteiger partial charge in [-0.1, -0.05) is 23.7 Å². The molecule has 1 aromatic carbocycles. The van der Waals surface area contributed by atoms with Gasteiger partial charge in [-0.2, -0.15) is 10.2 Å². The van der Waals surface area contributed by atoms with Crippen molar-refractivity contribution >= 4 is 29.4 Å². The number of hydrogen-bond donors (Lipinski definition) is 0. The quantitative estimate of drug-likeness (QED) is 0.419. The maximum Gasteiger partial charge on any atom is 0.328 e. The molecule has 0 N–H and O–H groups in total. The molecule has 10 nitrogen and oxygen atoms in total. The number of likely N-dealkylation sites (tertiary alicyclic amines) is 2. The molecule has 0 saturated carbocycles. The van der Waals surface area contributed by atoms with Gasteiger partial charge in [0.15, 0.2) is 0 Å². The summed E-state index contributed by atoms with van der Waals surface area (Å²) in [6.45, 7) is 7.36. The molecule has 2 aromatic heterocycles. The molecular weight excluding hydrogens is 532 g/mol. The van der Waals surface area contributed by atoms with Crippen LogP contribution in [0.5, 0.6) is 0 Å². The summed E-state index contributed by atoms with van der Waals surface area (Å²) in [5, 5.41) is 9.46. The standard InChI is InChI=1S/C29H35ClN6O4/c1-5-40-28(39)25-15-29(10-12-34(13-11-29)26(37)20(3)36-17-19(2)16-31-36)18-35(25)27(38)24-14-23(32-33(24)4)21-6-8-22(30)9-7-21/h6-9,14,16-17,20,25H,5,10-13,15,18H2,1-4H3. The number of piperidine rings is 1. The fourth-order valence-corrected chi connectivity index (χ4v) is 6.01. The summed E-state index contributed by atoms with van der Waals surface area (Å²) in [5.41, 5.74) is 2.62. The first-order valence-corrected chi connectivity index (χ1v) is 14.1. The van der Waals surface area contributed by atoms with Gasteiger partial charge < -0.3 is 14.5 Å². The number of hydrogen-bond acceptors (Lipinski definition) is 6. The Kier molecular flexibility index (Phi) is 7.72. The molecule has 11 heteroatoms. The molecule has 1 spiro atoms. The van der Waals surface area contributed by atoms with E-state index in [-0.39, 0.29) is 23.8 Å². The second-order valence-corrected chi connectivity index (χ2v) is 11.4. The number of amides is 2. The van der Waals surface area contributed by atoms with Crippen LogP contribution >= 0.6 is 11.6 Å². The van der Waals surface area contributed by atoms with Gasteiger partial charge in [0.05, 0.1) is 18.5 Å². The molecule has 0 radical (unpaired) electrons. The van der Waals surface area contributed by atoms with Crippen molar-refractivity contribution in [1.29, 1.82) is 0 Å². The minimum atomic E-state index is -0.686. The molecule has 5 rings (SSSR count). The first kappa shape index (κ1) is 27.9. The van der Waals surface area contributed by atoms with Gasteiger partial charge in [0.25, 0.3) is 5.91 Å². The van der Waals surface area contributed by atoms with Gasteiger partial charge in [-0.05, 0) is 69.2 Å². The number of benzene rings is 1. The maximum atomic E-state index is 13.9. The number of esters is 1. The van der Waals surface area contributed by atoms with Gasteiger partial charge in [0, 0.05) is 43.5 Å². The molecule has 2 unspecified atom stereocenters. The molecule has 4 heterocycles. The SMILES string of the molecule is CCOC(=O)C1CC2(CCN(C(=O)C(C)n3cc(C)cn3)CC2)CN1C(=O)c1cc(-c2ccc(Cl)cc2)nn1C. The summed E-state index contributed by atoms with van der Waals surface area (Å²) in [6, 6.07) is 7.94. The van der Waals surface area contributed by atoms with Crippen molar-refractivity contribution < 1.29 is 19.1 Å². The molecule has 2 atom stereocenters. The minimum absolute atomic E-state index is 0.0236. The van der Waals surface area contributed by atoms with Gasteiger partial charge in [-0.15, -0.1) is 0 Å². The third-order valence-corrected chi connectivity index (χ3v) is 8.44. The van der Waals surface area contributed by atoms with E-state index in [4.69, 9.17) is 16.3 Å². The van der Waals surface area contributed by atoms with Crippen LogP contribution in [0.25, 0.3) is 11.3 Å². The van der Waals surface area contributed by atoms with Crippen molar-refractivity contribution in [3.8, 4) is 11.3 Å². The van der Waals surface area contributed by atoms with Gasteiger partial charge >= 0.3 is 5.97 Å². The van der Waals surface area contributed by atoms with Crippen LogP contribution in [0.15, 0.2) is 42.7 Å². The first-order valence-electron chi connectivity index (χ1n) is 13.7. The van der Waals surface area contributed by atoms with Crippen molar-refractivity contribution in [3.05, 3.63) is 59.0 Å². The van der Waals surface area contributed by atoms with Crippen molar-refractivity contribution in [1.82, 2.24) is 29.4 Å². The van der Waals surface area contributed by atoms with E-state index in [0.717, 1.165) is 11.1 Å². The lowest BCUT2D eigenvalue weighted by Crippen LogP contribution is -2.46. The normalized spacial score (nSPS) is 19.2. The summed E-state index contributed by atoms with van der Waals surface area (Å²) in [5.74, 6) is -0.629. The van der Waals surface area contributed by atoms with E-state index in [2.05, 4.69) is 10.2 Å². The summed E-state index contributed by atoms with van der Waals surface area (Å²) in [6.07, 6.45) is 5.52. The third-order valence-electron chi connectivity index (χ3n) is 8.19. The van der Waals surface area contributed by atoms with Crippen molar-refractivity contribution in [3.63, 3.8) is 0 Å². The Morgan fingerprint density at radius 1 is 1.18 bits per heavy atom. The number of rotatable bonds is 6. The number of carbonyl (C=O) groups excluding carboxylic acids is 3. The average molecular weight is 567 g/mol. The van der Waals surface area contributed by atoms with E-state index in [1.54, 1.807) is 52.6 Å². The summed E-state index contributed by atoms with van der Waals surface area (Å²) >= 11 is 6.03. The highest BCUT2D eigenvalue weighted by molar-refractivity contribution is 6.30. The van der Waals surface area contributed by atoms with Gasteiger partial charge in [0.1, 0.15) is 17.8 Å². The van der Waals surface area contributed by atoms with Crippen LogP contribution in [0.2, 0.25) is 5.02 Å². The van der Waals surface area contributed by atoms with Crippen LogP contribution in [0.3, 0.4) is 0 Å². The number of aryl methyl sites for hydroxylation is 2. The van der Waals surface area contributed by atoms with E-state index in [0.29, 0.717) is 55.3 Å². The zero-order chi connectivity index (χ0) is 28.6. The van der Waals surface area contributed by atoms with Crippen LogP contribution in [0, 0.1) is 12.3 Å².